The molecule has 9 nitrogen and oxygen atoms in total. The third-order valence-electron chi connectivity index (χ3n) is 9.30. The summed E-state index contributed by atoms with van der Waals surface area (Å²) in [5.41, 5.74) is 2.65. The van der Waals surface area contributed by atoms with E-state index in [-0.39, 0.29) is 42.6 Å². The zero-order chi connectivity index (χ0) is 31.1. The minimum Gasteiger partial charge on any atom is -0.493 e. The van der Waals surface area contributed by atoms with Crippen molar-refractivity contribution in [1.29, 1.82) is 0 Å². The largest absolute Gasteiger partial charge is 0.493 e. The second-order valence-electron chi connectivity index (χ2n) is 12.3. The number of amides is 1. The Labute approximate surface area is 261 Å². The number of Topliss-reactive ketones (excluding diaryl/α,β-unsaturated/α-hetero) is 2. The van der Waals surface area contributed by atoms with Crippen molar-refractivity contribution in [3.05, 3.63) is 89.6 Å². The number of rotatable bonds is 10. The Balaban J connectivity index is 1.02. The molecule has 230 valence electrons. The average Bonchev–Trinajstić information content (AvgIpc) is 3.86. The third-order valence-corrected chi connectivity index (χ3v) is 9.30. The van der Waals surface area contributed by atoms with Gasteiger partial charge < -0.3 is 19.5 Å². The second-order valence-corrected chi connectivity index (χ2v) is 12.3. The summed E-state index contributed by atoms with van der Waals surface area (Å²) in [5, 5.41) is 4.01. The summed E-state index contributed by atoms with van der Waals surface area (Å²) >= 11 is 0. The fraction of sp³-hybridized carbons (Fsp3) is 0.333. The van der Waals surface area contributed by atoms with Gasteiger partial charge in [-0.15, -0.1) is 0 Å². The van der Waals surface area contributed by atoms with E-state index in [0.717, 1.165) is 36.2 Å². The Morgan fingerprint density at radius 3 is 2.11 bits per heavy atom. The number of hydrogen-bond donors (Lipinski definition) is 1. The van der Waals surface area contributed by atoms with Crippen molar-refractivity contribution in [1.82, 2.24) is 15.2 Å². The lowest BCUT2D eigenvalue weighted by Crippen LogP contribution is -2.69. The Bertz CT molecular complexity index is 1770. The molecule has 3 aromatic carbocycles. The molecule has 4 aromatic rings. The van der Waals surface area contributed by atoms with Crippen molar-refractivity contribution in [2.75, 3.05) is 20.2 Å². The van der Waals surface area contributed by atoms with Crippen LogP contribution in [-0.2, 0) is 22.4 Å². The molecule has 0 radical (unpaired) electrons. The van der Waals surface area contributed by atoms with Gasteiger partial charge in [0.1, 0.15) is 11.5 Å². The highest BCUT2D eigenvalue weighted by Gasteiger charge is 2.54. The molecule has 45 heavy (non-hydrogen) atoms. The number of benzene rings is 3. The first-order valence-electron chi connectivity index (χ1n) is 15.4. The third kappa shape index (κ3) is 5.64. The Kier molecular flexibility index (Phi) is 7.49. The van der Waals surface area contributed by atoms with Gasteiger partial charge in [0.25, 0.3) is 0 Å². The number of carbonyl (C=O) groups is 3. The summed E-state index contributed by atoms with van der Waals surface area (Å²) in [5.74, 6) is 1.83. The maximum absolute atomic E-state index is 13.3. The van der Waals surface area contributed by atoms with Crippen molar-refractivity contribution in [2.45, 2.75) is 51.1 Å². The molecule has 1 aliphatic carbocycles. The van der Waals surface area contributed by atoms with E-state index in [2.05, 4.69) is 10.3 Å². The van der Waals surface area contributed by atoms with Crippen molar-refractivity contribution in [3.8, 4) is 23.0 Å². The number of ketones is 2. The average molecular weight is 606 g/mol. The summed E-state index contributed by atoms with van der Waals surface area (Å²) in [6.45, 7) is 3.56. The molecule has 7 rings (SSSR count). The summed E-state index contributed by atoms with van der Waals surface area (Å²) in [7, 11) is 1.53. The molecule has 2 unspecified atom stereocenters. The van der Waals surface area contributed by atoms with Gasteiger partial charge in [-0.1, -0.05) is 42.0 Å². The van der Waals surface area contributed by atoms with Gasteiger partial charge in [-0.3, -0.25) is 19.5 Å². The van der Waals surface area contributed by atoms with Gasteiger partial charge in [-0.05, 0) is 61.6 Å². The van der Waals surface area contributed by atoms with Crippen molar-refractivity contribution < 1.29 is 28.6 Å². The maximum Gasteiger partial charge on any atom is 0.415 e. The predicted molar refractivity (Wildman–Crippen MR) is 168 cm³/mol. The van der Waals surface area contributed by atoms with E-state index in [0.29, 0.717) is 46.7 Å². The number of fused-ring (bicyclic) bond motifs is 3. The highest BCUT2D eigenvalue weighted by atomic mass is 16.6. The first-order chi connectivity index (χ1) is 21.8. The number of aryl methyl sites for hydroxylation is 1. The first kappa shape index (κ1) is 29.0. The number of ether oxygens (including phenoxy) is 3. The van der Waals surface area contributed by atoms with E-state index >= 15 is 0 Å². The Hall–Kier alpha value is -4.76. The van der Waals surface area contributed by atoms with Gasteiger partial charge in [0, 0.05) is 55.7 Å². The molecule has 1 aromatic heterocycles. The quantitative estimate of drug-likeness (QED) is 0.233. The molecule has 3 heterocycles. The molecule has 3 aliphatic rings. The van der Waals surface area contributed by atoms with Gasteiger partial charge >= 0.3 is 6.09 Å². The van der Waals surface area contributed by atoms with Crippen molar-refractivity contribution in [3.63, 3.8) is 0 Å². The standard InChI is InChI=1S/C36H35N3O6/c1-22-3-5-23(6-4-22)15-33(40)36(12-13-36)34(41)16-24-7-9-27(10-8-24)44-30-11-14-38-29-19-32(31(43-2)18-28(29)30)45-35(42)39-25-17-26(39)21-37-20-25/h3-11,14,18-19,25-26,37H,12-13,15-17,20-21H2,1-2H3. The Morgan fingerprint density at radius 2 is 1.51 bits per heavy atom. The summed E-state index contributed by atoms with van der Waals surface area (Å²) in [6.07, 6.45) is 3.96. The molecule has 2 bridgehead atoms. The van der Waals surface area contributed by atoms with Gasteiger partial charge in [-0.2, -0.15) is 0 Å². The summed E-state index contributed by atoms with van der Waals surface area (Å²) < 4.78 is 17.6. The number of piperidine rings is 1. The minimum atomic E-state index is -0.854. The van der Waals surface area contributed by atoms with Gasteiger partial charge in [0.15, 0.2) is 23.1 Å². The summed E-state index contributed by atoms with van der Waals surface area (Å²) in [4.78, 5) is 45.5. The molecule has 2 atom stereocenters. The number of aromatic nitrogens is 1. The molecule has 1 N–H and O–H groups in total. The molecule has 0 spiro atoms. The molecule has 3 fully saturated rings. The highest BCUT2D eigenvalue weighted by molar-refractivity contribution is 6.11. The van der Waals surface area contributed by atoms with Crippen LogP contribution in [0, 0.1) is 12.3 Å². The van der Waals surface area contributed by atoms with E-state index in [4.69, 9.17) is 14.2 Å². The fourth-order valence-electron chi connectivity index (χ4n) is 6.44. The van der Waals surface area contributed by atoms with Crippen LogP contribution in [0.3, 0.4) is 0 Å². The highest BCUT2D eigenvalue weighted by Crippen LogP contribution is 2.49. The lowest BCUT2D eigenvalue weighted by molar-refractivity contribution is -0.133. The van der Waals surface area contributed by atoms with Crippen LogP contribution in [0.1, 0.15) is 36.0 Å². The molecular formula is C36H35N3O6. The number of carbonyl (C=O) groups excluding carboxylic acids is 3. The van der Waals surface area contributed by atoms with Crippen LogP contribution in [0.5, 0.6) is 23.0 Å². The molecule has 2 saturated heterocycles. The topological polar surface area (TPSA) is 107 Å². The number of hydrogen-bond acceptors (Lipinski definition) is 8. The van der Waals surface area contributed by atoms with E-state index in [9.17, 15) is 14.4 Å². The SMILES string of the molecule is COc1cc2c(Oc3ccc(CC(=O)C4(C(=O)Cc5ccc(C)cc5)CC4)cc3)ccnc2cc1OC(=O)N1C2CNCC1C2. The van der Waals surface area contributed by atoms with Crippen molar-refractivity contribution >= 4 is 28.6 Å². The van der Waals surface area contributed by atoms with Crippen LogP contribution in [0.15, 0.2) is 72.9 Å². The predicted octanol–water partition coefficient (Wildman–Crippen LogP) is 5.59. The smallest absolute Gasteiger partial charge is 0.415 e. The fourth-order valence-corrected chi connectivity index (χ4v) is 6.44. The van der Waals surface area contributed by atoms with Gasteiger partial charge in [0.2, 0.25) is 0 Å². The molecular weight excluding hydrogens is 570 g/mol. The number of nitrogens with zero attached hydrogens (tertiary/aromatic N) is 2. The van der Waals surface area contributed by atoms with E-state index < -0.39 is 5.41 Å². The monoisotopic (exact) mass is 605 g/mol. The lowest BCUT2D eigenvalue weighted by Gasteiger charge is -2.51. The van der Waals surface area contributed by atoms with Crippen LogP contribution in [0.4, 0.5) is 4.79 Å². The Morgan fingerprint density at radius 1 is 0.867 bits per heavy atom. The number of piperazine rings is 1. The van der Waals surface area contributed by atoms with Gasteiger partial charge in [-0.25, -0.2) is 4.79 Å². The maximum atomic E-state index is 13.3. The van der Waals surface area contributed by atoms with E-state index in [1.165, 1.54) is 7.11 Å². The van der Waals surface area contributed by atoms with Crippen LogP contribution in [-0.4, -0.2) is 59.8 Å². The second kappa shape index (κ2) is 11.6. The van der Waals surface area contributed by atoms with E-state index in [1.54, 1.807) is 29.3 Å². The number of pyridine rings is 1. The van der Waals surface area contributed by atoms with Gasteiger partial charge in [0.05, 0.1) is 18.0 Å². The summed E-state index contributed by atoms with van der Waals surface area (Å²) in [6, 6.07) is 20.8. The molecule has 1 saturated carbocycles. The van der Waals surface area contributed by atoms with Crippen LogP contribution in [0.2, 0.25) is 0 Å². The van der Waals surface area contributed by atoms with Crippen molar-refractivity contribution in [2.24, 2.45) is 5.41 Å². The van der Waals surface area contributed by atoms with Crippen LogP contribution >= 0.6 is 0 Å². The van der Waals surface area contributed by atoms with E-state index in [1.807, 2.05) is 55.5 Å². The zero-order valence-electron chi connectivity index (χ0n) is 25.4. The molecule has 1 amide bonds. The molecule has 2 aliphatic heterocycles. The zero-order valence-corrected chi connectivity index (χ0v) is 25.4. The van der Waals surface area contributed by atoms with Crippen LogP contribution in [0.25, 0.3) is 10.9 Å². The number of nitrogens with one attached hydrogen (secondary N) is 1. The number of methoxy groups -OCH3 is 1. The first-order valence-corrected chi connectivity index (χ1v) is 15.4. The lowest BCUT2D eigenvalue weighted by atomic mass is 9.88. The minimum absolute atomic E-state index is 0.00892. The molecule has 9 heteroatoms. The normalized spacial score (nSPS) is 19.4. The van der Waals surface area contributed by atoms with Crippen LogP contribution < -0.4 is 19.5 Å².